The van der Waals surface area contributed by atoms with Crippen LogP contribution in [0.2, 0.25) is 0 Å². The van der Waals surface area contributed by atoms with Crippen LogP contribution in [0.4, 0.5) is 0 Å². The molecule has 4 nitrogen and oxygen atoms in total. The van der Waals surface area contributed by atoms with Gasteiger partial charge in [-0.25, -0.2) is 0 Å². The van der Waals surface area contributed by atoms with Crippen LogP contribution in [-0.4, -0.2) is 16.7 Å². The van der Waals surface area contributed by atoms with Gasteiger partial charge in [-0.05, 0) is 37.4 Å². The van der Waals surface area contributed by atoms with Crippen molar-refractivity contribution in [3.63, 3.8) is 0 Å². The summed E-state index contributed by atoms with van der Waals surface area (Å²) >= 11 is 0. The second kappa shape index (κ2) is 7.20. The molecule has 0 saturated heterocycles. The van der Waals surface area contributed by atoms with Crippen LogP contribution in [0.25, 0.3) is 0 Å². The number of aryl methyl sites for hydroxylation is 3. The van der Waals surface area contributed by atoms with E-state index in [1.807, 2.05) is 0 Å². The first-order valence-electron chi connectivity index (χ1n) is 7.34. The van der Waals surface area contributed by atoms with Crippen molar-refractivity contribution in [3.05, 3.63) is 47.2 Å². The van der Waals surface area contributed by atoms with Crippen molar-refractivity contribution in [2.45, 2.75) is 46.1 Å². The van der Waals surface area contributed by atoms with Crippen LogP contribution in [-0.2, 0) is 12.8 Å². The van der Waals surface area contributed by atoms with Gasteiger partial charge in [0.15, 0.2) is 0 Å². The molecule has 0 fully saturated rings. The molecule has 1 atom stereocenters. The Hall–Kier alpha value is -1.68. The molecule has 0 aliphatic rings. The van der Waals surface area contributed by atoms with Crippen LogP contribution in [0, 0.1) is 6.92 Å². The maximum atomic E-state index is 5.77. The molecule has 0 radical (unpaired) electrons. The minimum absolute atomic E-state index is 0.166. The van der Waals surface area contributed by atoms with Crippen LogP contribution < -0.4 is 5.32 Å². The minimum Gasteiger partial charge on any atom is -0.424 e. The molecule has 1 unspecified atom stereocenters. The minimum atomic E-state index is 0.166. The number of nitrogens with one attached hydrogen (secondary N) is 1. The second-order valence-electron chi connectivity index (χ2n) is 4.98. The highest BCUT2D eigenvalue weighted by Gasteiger charge is 2.15. The first-order valence-corrected chi connectivity index (χ1v) is 7.34. The lowest BCUT2D eigenvalue weighted by Gasteiger charge is -2.10. The highest BCUT2D eigenvalue weighted by molar-refractivity contribution is 5.25. The van der Waals surface area contributed by atoms with Crippen molar-refractivity contribution >= 4 is 0 Å². The summed E-state index contributed by atoms with van der Waals surface area (Å²) in [6.07, 6.45) is 2.68. The van der Waals surface area contributed by atoms with E-state index in [-0.39, 0.29) is 6.04 Å². The monoisotopic (exact) mass is 273 g/mol. The molecule has 1 N–H and O–H groups in total. The van der Waals surface area contributed by atoms with Crippen molar-refractivity contribution in [1.82, 2.24) is 15.5 Å². The molecule has 0 aliphatic heterocycles. The van der Waals surface area contributed by atoms with Crippen molar-refractivity contribution in [1.29, 1.82) is 0 Å². The smallest absolute Gasteiger partial charge is 0.233 e. The fourth-order valence-corrected chi connectivity index (χ4v) is 2.29. The van der Waals surface area contributed by atoms with Gasteiger partial charge in [-0.15, -0.1) is 10.2 Å². The van der Waals surface area contributed by atoms with Gasteiger partial charge in [0, 0.05) is 6.42 Å². The summed E-state index contributed by atoms with van der Waals surface area (Å²) in [4.78, 5) is 0. The van der Waals surface area contributed by atoms with Gasteiger partial charge in [0.05, 0.1) is 6.04 Å². The topological polar surface area (TPSA) is 51.0 Å². The Kier molecular flexibility index (Phi) is 5.30. The van der Waals surface area contributed by atoms with E-state index in [2.05, 4.69) is 60.6 Å². The van der Waals surface area contributed by atoms with Gasteiger partial charge in [0.2, 0.25) is 11.8 Å². The Balaban J connectivity index is 1.98. The largest absolute Gasteiger partial charge is 0.424 e. The SMILES string of the molecule is CCNC(CC)c1nnc(CCc2ccccc2C)o1. The van der Waals surface area contributed by atoms with E-state index in [0.717, 1.165) is 31.7 Å². The van der Waals surface area contributed by atoms with E-state index in [0.29, 0.717) is 5.89 Å². The van der Waals surface area contributed by atoms with Crippen molar-refractivity contribution < 1.29 is 4.42 Å². The van der Waals surface area contributed by atoms with Gasteiger partial charge in [0.25, 0.3) is 0 Å². The van der Waals surface area contributed by atoms with E-state index < -0.39 is 0 Å². The number of benzene rings is 1. The van der Waals surface area contributed by atoms with Crippen molar-refractivity contribution in [2.75, 3.05) is 6.54 Å². The number of hydrogen-bond donors (Lipinski definition) is 1. The molecule has 0 bridgehead atoms. The first-order chi connectivity index (χ1) is 9.74. The fraction of sp³-hybridized carbons (Fsp3) is 0.500. The quantitative estimate of drug-likeness (QED) is 0.841. The Morgan fingerprint density at radius 1 is 1.15 bits per heavy atom. The third-order valence-corrected chi connectivity index (χ3v) is 3.51. The normalized spacial score (nSPS) is 12.6. The van der Waals surface area contributed by atoms with E-state index in [9.17, 15) is 0 Å². The second-order valence-corrected chi connectivity index (χ2v) is 4.98. The summed E-state index contributed by atoms with van der Waals surface area (Å²) in [7, 11) is 0. The van der Waals surface area contributed by atoms with Crippen LogP contribution in [0.5, 0.6) is 0 Å². The van der Waals surface area contributed by atoms with Crippen molar-refractivity contribution in [2.24, 2.45) is 0 Å². The van der Waals surface area contributed by atoms with E-state index in [4.69, 9.17) is 4.42 Å². The van der Waals surface area contributed by atoms with Gasteiger partial charge in [-0.3, -0.25) is 0 Å². The zero-order chi connectivity index (χ0) is 14.4. The Bertz CT molecular complexity index is 536. The molecule has 2 rings (SSSR count). The molecular weight excluding hydrogens is 250 g/mol. The van der Waals surface area contributed by atoms with E-state index >= 15 is 0 Å². The first kappa shape index (κ1) is 14.7. The third kappa shape index (κ3) is 3.67. The number of nitrogens with zero attached hydrogens (tertiary/aromatic N) is 2. The zero-order valence-electron chi connectivity index (χ0n) is 12.5. The number of rotatable bonds is 7. The Morgan fingerprint density at radius 3 is 2.65 bits per heavy atom. The number of hydrogen-bond acceptors (Lipinski definition) is 4. The van der Waals surface area contributed by atoms with Crippen LogP contribution in [0.3, 0.4) is 0 Å². The lowest BCUT2D eigenvalue weighted by atomic mass is 10.0. The molecule has 2 aromatic rings. The van der Waals surface area contributed by atoms with Gasteiger partial charge in [-0.1, -0.05) is 38.1 Å². The molecule has 0 aliphatic carbocycles. The van der Waals surface area contributed by atoms with Gasteiger partial charge in [0.1, 0.15) is 0 Å². The molecule has 0 saturated carbocycles. The molecule has 0 amide bonds. The highest BCUT2D eigenvalue weighted by Crippen LogP contribution is 2.16. The maximum absolute atomic E-state index is 5.77. The average Bonchev–Trinajstić information content (AvgIpc) is 2.92. The molecule has 1 aromatic heterocycles. The van der Waals surface area contributed by atoms with Gasteiger partial charge >= 0.3 is 0 Å². The molecule has 20 heavy (non-hydrogen) atoms. The Labute approximate surface area is 120 Å². The molecule has 108 valence electrons. The molecule has 4 heteroatoms. The molecular formula is C16H23N3O. The summed E-state index contributed by atoms with van der Waals surface area (Å²) in [5.41, 5.74) is 2.65. The summed E-state index contributed by atoms with van der Waals surface area (Å²) in [6, 6.07) is 8.58. The van der Waals surface area contributed by atoms with Crippen LogP contribution in [0.1, 0.15) is 49.2 Å². The summed E-state index contributed by atoms with van der Waals surface area (Å²) in [5, 5.41) is 11.7. The van der Waals surface area contributed by atoms with E-state index in [1.165, 1.54) is 11.1 Å². The summed E-state index contributed by atoms with van der Waals surface area (Å²) in [6.45, 7) is 7.23. The molecule has 1 heterocycles. The lowest BCUT2D eigenvalue weighted by molar-refractivity contribution is 0.376. The average molecular weight is 273 g/mol. The predicted octanol–water partition coefficient (Wildman–Crippen LogP) is 3.22. The van der Waals surface area contributed by atoms with Gasteiger partial charge < -0.3 is 9.73 Å². The van der Waals surface area contributed by atoms with E-state index in [1.54, 1.807) is 0 Å². The summed E-state index contributed by atoms with van der Waals surface area (Å²) in [5.74, 6) is 1.42. The maximum Gasteiger partial charge on any atom is 0.233 e. The highest BCUT2D eigenvalue weighted by atomic mass is 16.4. The zero-order valence-corrected chi connectivity index (χ0v) is 12.5. The van der Waals surface area contributed by atoms with Crippen LogP contribution >= 0.6 is 0 Å². The third-order valence-electron chi connectivity index (χ3n) is 3.51. The van der Waals surface area contributed by atoms with Gasteiger partial charge in [-0.2, -0.15) is 0 Å². The lowest BCUT2D eigenvalue weighted by Crippen LogP contribution is -2.20. The van der Waals surface area contributed by atoms with Crippen LogP contribution in [0.15, 0.2) is 28.7 Å². The summed E-state index contributed by atoms with van der Waals surface area (Å²) < 4.78 is 5.77. The number of aromatic nitrogens is 2. The molecule has 0 spiro atoms. The molecule has 1 aromatic carbocycles. The Morgan fingerprint density at radius 2 is 1.95 bits per heavy atom. The fourth-order valence-electron chi connectivity index (χ4n) is 2.29. The predicted molar refractivity (Wildman–Crippen MR) is 79.6 cm³/mol. The van der Waals surface area contributed by atoms with Crippen molar-refractivity contribution in [3.8, 4) is 0 Å². The standard InChI is InChI=1S/C16H23N3O/c1-4-14(17-5-2)16-19-18-15(20-16)11-10-13-9-7-6-8-12(13)3/h6-9,14,17H,4-5,10-11H2,1-3H3.